The Morgan fingerprint density at radius 3 is 2.27 bits per heavy atom. The van der Waals surface area contributed by atoms with Crippen molar-refractivity contribution in [2.24, 2.45) is 0 Å². The van der Waals surface area contributed by atoms with E-state index in [0.29, 0.717) is 4.90 Å². The lowest BCUT2D eigenvalue weighted by Crippen LogP contribution is -2.42. The standard InChI is InChI=1S/C19H15F4N3O4/c1-18(11-2-8-14(9-3-11)30-19(21,22)23)16(28)26(17(29)25-18)10-15(27)24-13-6-4-12(20)5-7-13/h2-9H,10H2,1H3,(H,24,27)(H,25,29). The number of hydrogen-bond donors (Lipinski definition) is 2. The molecular weight excluding hydrogens is 410 g/mol. The van der Waals surface area contributed by atoms with E-state index in [4.69, 9.17) is 0 Å². The fraction of sp³-hybridized carbons (Fsp3) is 0.211. The molecule has 11 heteroatoms. The minimum absolute atomic E-state index is 0.205. The van der Waals surface area contributed by atoms with E-state index in [2.05, 4.69) is 15.4 Å². The second kappa shape index (κ2) is 7.65. The van der Waals surface area contributed by atoms with Crippen LogP contribution in [0.1, 0.15) is 12.5 Å². The largest absolute Gasteiger partial charge is 0.573 e. The van der Waals surface area contributed by atoms with Crippen LogP contribution in [-0.4, -0.2) is 35.7 Å². The highest BCUT2D eigenvalue weighted by atomic mass is 19.4. The van der Waals surface area contributed by atoms with Crippen LogP contribution in [0.5, 0.6) is 5.75 Å². The third-order valence-electron chi connectivity index (χ3n) is 4.37. The van der Waals surface area contributed by atoms with Crippen LogP contribution in [0.2, 0.25) is 0 Å². The van der Waals surface area contributed by atoms with E-state index in [1.54, 1.807) is 0 Å². The molecule has 1 fully saturated rings. The number of urea groups is 1. The molecule has 1 unspecified atom stereocenters. The number of amides is 4. The Bertz CT molecular complexity index is 977. The Kier molecular flexibility index (Phi) is 5.38. The third kappa shape index (κ3) is 4.50. The van der Waals surface area contributed by atoms with Crippen LogP contribution in [0.25, 0.3) is 0 Å². The highest BCUT2D eigenvalue weighted by molar-refractivity contribution is 6.10. The third-order valence-corrected chi connectivity index (χ3v) is 4.37. The van der Waals surface area contributed by atoms with E-state index in [-0.39, 0.29) is 11.3 Å². The number of anilines is 1. The topological polar surface area (TPSA) is 87.7 Å². The van der Waals surface area contributed by atoms with Gasteiger partial charge in [0.25, 0.3) is 5.91 Å². The van der Waals surface area contributed by atoms with Crippen LogP contribution >= 0.6 is 0 Å². The normalized spacial score (nSPS) is 18.9. The van der Waals surface area contributed by atoms with Crippen molar-refractivity contribution in [3.63, 3.8) is 0 Å². The molecule has 7 nitrogen and oxygen atoms in total. The van der Waals surface area contributed by atoms with Crippen molar-refractivity contribution in [2.45, 2.75) is 18.8 Å². The summed E-state index contributed by atoms with van der Waals surface area (Å²) in [5.41, 5.74) is -1.10. The van der Waals surface area contributed by atoms with Crippen LogP contribution in [0.4, 0.5) is 28.0 Å². The van der Waals surface area contributed by atoms with E-state index < -0.39 is 47.9 Å². The molecule has 1 atom stereocenters. The molecule has 30 heavy (non-hydrogen) atoms. The molecular formula is C19H15F4N3O4. The van der Waals surface area contributed by atoms with Gasteiger partial charge in [0.15, 0.2) is 0 Å². The number of alkyl halides is 3. The number of rotatable bonds is 5. The Labute approximate surface area is 167 Å². The number of ether oxygens (including phenoxy) is 1. The van der Waals surface area contributed by atoms with Gasteiger partial charge in [-0.2, -0.15) is 0 Å². The number of hydrogen-bond acceptors (Lipinski definition) is 4. The summed E-state index contributed by atoms with van der Waals surface area (Å²) >= 11 is 0. The first-order valence-electron chi connectivity index (χ1n) is 8.54. The summed E-state index contributed by atoms with van der Waals surface area (Å²) in [6.45, 7) is 0.762. The van der Waals surface area contributed by atoms with Gasteiger partial charge in [0, 0.05) is 5.69 Å². The predicted molar refractivity (Wildman–Crippen MR) is 95.8 cm³/mol. The Morgan fingerprint density at radius 1 is 1.10 bits per heavy atom. The smallest absolute Gasteiger partial charge is 0.406 e. The van der Waals surface area contributed by atoms with Gasteiger partial charge in [-0.25, -0.2) is 9.18 Å². The van der Waals surface area contributed by atoms with Crippen molar-refractivity contribution in [1.82, 2.24) is 10.2 Å². The summed E-state index contributed by atoms with van der Waals surface area (Å²) < 4.78 is 53.6. The number of carbonyl (C=O) groups excluding carboxylic acids is 3. The SMILES string of the molecule is CC1(c2ccc(OC(F)(F)F)cc2)NC(=O)N(CC(=O)Nc2ccc(F)cc2)C1=O. The number of imide groups is 1. The molecule has 0 spiro atoms. The number of nitrogens with one attached hydrogen (secondary N) is 2. The van der Waals surface area contributed by atoms with Crippen LogP contribution in [0.15, 0.2) is 48.5 Å². The molecule has 0 radical (unpaired) electrons. The highest BCUT2D eigenvalue weighted by Crippen LogP contribution is 2.31. The minimum Gasteiger partial charge on any atom is -0.406 e. The molecule has 2 N–H and O–H groups in total. The zero-order valence-corrected chi connectivity index (χ0v) is 15.4. The van der Waals surface area contributed by atoms with Crippen molar-refractivity contribution in [3.8, 4) is 5.75 Å². The number of halogens is 4. The molecule has 158 valence electrons. The fourth-order valence-electron chi connectivity index (χ4n) is 2.90. The van der Waals surface area contributed by atoms with Gasteiger partial charge in [-0.1, -0.05) is 12.1 Å². The van der Waals surface area contributed by atoms with Crippen molar-refractivity contribution in [1.29, 1.82) is 0 Å². The maximum atomic E-state index is 12.9. The lowest BCUT2D eigenvalue weighted by molar-refractivity contribution is -0.274. The molecule has 0 aliphatic carbocycles. The highest BCUT2D eigenvalue weighted by Gasteiger charge is 2.49. The number of benzene rings is 2. The molecule has 1 aliphatic rings. The van der Waals surface area contributed by atoms with Crippen LogP contribution in [0.3, 0.4) is 0 Å². The summed E-state index contributed by atoms with van der Waals surface area (Å²) in [5, 5.41) is 4.87. The van der Waals surface area contributed by atoms with Gasteiger partial charge >= 0.3 is 12.4 Å². The van der Waals surface area contributed by atoms with Crippen LogP contribution < -0.4 is 15.4 Å². The van der Waals surface area contributed by atoms with Gasteiger partial charge in [-0.15, -0.1) is 13.2 Å². The van der Waals surface area contributed by atoms with Crippen molar-refractivity contribution < 1.29 is 36.7 Å². The second-order valence-electron chi connectivity index (χ2n) is 6.57. The molecule has 3 rings (SSSR count). The summed E-state index contributed by atoms with van der Waals surface area (Å²) in [6, 6.07) is 8.49. The van der Waals surface area contributed by atoms with E-state index >= 15 is 0 Å². The van der Waals surface area contributed by atoms with Crippen molar-refractivity contribution in [3.05, 3.63) is 59.9 Å². The predicted octanol–water partition coefficient (Wildman–Crippen LogP) is 3.13. The quantitative estimate of drug-likeness (QED) is 0.569. The van der Waals surface area contributed by atoms with Gasteiger partial charge in [-0.05, 0) is 48.9 Å². The molecule has 1 heterocycles. The van der Waals surface area contributed by atoms with Crippen molar-refractivity contribution >= 4 is 23.5 Å². The first-order chi connectivity index (χ1) is 14.0. The molecule has 0 saturated carbocycles. The summed E-state index contributed by atoms with van der Waals surface area (Å²) in [6.07, 6.45) is -4.86. The van der Waals surface area contributed by atoms with E-state index in [9.17, 15) is 31.9 Å². The zero-order chi connectivity index (χ0) is 22.1. The molecule has 0 aromatic heterocycles. The lowest BCUT2D eigenvalue weighted by atomic mass is 9.92. The molecule has 2 aromatic carbocycles. The van der Waals surface area contributed by atoms with Gasteiger partial charge in [-0.3, -0.25) is 14.5 Å². The van der Waals surface area contributed by atoms with E-state index in [0.717, 1.165) is 24.3 Å². The number of carbonyl (C=O) groups is 3. The molecule has 1 aliphatic heterocycles. The fourth-order valence-corrected chi connectivity index (χ4v) is 2.90. The van der Waals surface area contributed by atoms with Gasteiger partial charge in [0.2, 0.25) is 5.91 Å². The lowest BCUT2D eigenvalue weighted by Gasteiger charge is -2.22. The Morgan fingerprint density at radius 2 is 1.70 bits per heavy atom. The summed E-state index contributed by atoms with van der Waals surface area (Å²) in [4.78, 5) is 37.9. The first-order valence-corrected chi connectivity index (χ1v) is 8.54. The Hall–Kier alpha value is -3.63. The maximum absolute atomic E-state index is 12.9. The monoisotopic (exact) mass is 425 g/mol. The van der Waals surface area contributed by atoms with Gasteiger partial charge < -0.3 is 15.4 Å². The first kappa shape index (κ1) is 21.1. The van der Waals surface area contributed by atoms with Gasteiger partial charge in [0.05, 0.1) is 0 Å². The second-order valence-corrected chi connectivity index (χ2v) is 6.57. The summed E-state index contributed by atoms with van der Waals surface area (Å²) in [5.74, 6) is -2.43. The van der Waals surface area contributed by atoms with Gasteiger partial charge in [0.1, 0.15) is 23.7 Å². The average Bonchev–Trinajstić information content (AvgIpc) is 2.87. The average molecular weight is 425 g/mol. The van der Waals surface area contributed by atoms with Crippen LogP contribution in [-0.2, 0) is 15.1 Å². The number of nitrogens with zero attached hydrogens (tertiary/aromatic N) is 1. The molecule has 0 bridgehead atoms. The van der Waals surface area contributed by atoms with Crippen LogP contribution in [0, 0.1) is 5.82 Å². The molecule has 1 saturated heterocycles. The molecule has 2 aromatic rings. The zero-order valence-electron chi connectivity index (χ0n) is 15.4. The molecule has 4 amide bonds. The summed E-state index contributed by atoms with van der Waals surface area (Å²) in [7, 11) is 0. The van der Waals surface area contributed by atoms with E-state index in [1.807, 2.05) is 0 Å². The Balaban J connectivity index is 1.71. The maximum Gasteiger partial charge on any atom is 0.573 e. The van der Waals surface area contributed by atoms with Crippen molar-refractivity contribution in [2.75, 3.05) is 11.9 Å². The minimum atomic E-state index is -4.86. The van der Waals surface area contributed by atoms with E-state index in [1.165, 1.54) is 31.2 Å².